The van der Waals surface area contributed by atoms with Gasteiger partial charge in [-0.15, -0.1) is 23.1 Å². The summed E-state index contributed by atoms with van der Waals surface area (Å²) in [4.78, 5) is 10.2. The Labute approximate surface area is 83.0 Å². The summed E-state index contributed by atoms with van der Waals surface area (Å²) < 4.78 is 0. The van der Waals surface area contributed by atoms with Crippen LogP contribution >= 0.6 is 34.7 Å². The second-order valence-corrected chi connectivity index (χ2v) is 4.21. The highest BCUT2D eigenvalue weighted by Crippen LogP contribution is 2.34. The quantitative estimate of drug-likeness (QED) is 0.541. The van der Waals surface area contributed by atoms with Gasteiger partial charge >= 0.3 is 0 Å². The number of hydrogen-bond donors (Lipinski definition) is 0. The van der Waals surface area contributed by atoms with Crippen LogP contribution in [0.25, 0.3) is 10.2 Å². The molecule has 0 unspecified atom stereocenters. The topological polar surface area (TPSA) is 25.8 Å². The Morgan fingerprint density at radius 2 is 2.33 bits per heavy atom. The van der Waals surface area contributed by atoms with E-state index in [1.165, 1.54) is 6.33 Å². The van der Waals surface area contributed by atoms with Crippen LogP contribution in [0.15, 0.2) is 16.6 Å². The normalized spacial score (nSPS) is 10.8. The van der Waals surface area contributed by atoms with Gasteiger partial charge in [-0.25, -0.2) is 9.97 Å². The molecule has 0 saturated heterocycles. The Morgan fingerprint density at radius 3 is 3.08 bits per heavy atom. The van der Waals surface area contributed by atoms with Crippen LogP contribution in [-0.4, -0.2) is 16.2 Å². The minimum Gasteiger partial charge on any atom is -0.225 e. The molecule has 0 aliphatic rings. The van der Waals surface area contributed by atoms with Crippen LogP contribution in [0.3, 0.4) is 0 Å². The van der Waals surface area contributed by atoms with E-state index in [9.17, 15) is 0 Å². The van der Waals surface area contributed by atoms with Crippen molar-refractivity contribution in [2.24, 2.45) is 0 Å². The third kappa shape index (κ3) is 1.20. The van der Waals surface area contributed by atoms with Gasteiger partial charge in [-0.05, 0) is 6.26 Å². The summed E-state index contributed by atoms with van der Waals surface area (Å²) in [7, 11) is 0. The number of rotatable bonds is 1. The zero-order valence-electron chi connectivity index (χ0n) is 6.24. The van der Waals surface area contributed by atoms with Crippen molar-refractivity contribution in [1.29, 1.82) is 0 Å². The maximum Gasteiger partial charge on any atom is 0.142 e. The summed E-state index contributed by atoms with van der Waals surface area (Å²) in [6.45, 7) is 0. The summed E-state index contributed by atoms with van der Waals surface area (Å²) in [5, 5.41) is 3.58. The summed E-state index contributed by atoms with van der Waals surface area (Å²) in [6, 6.07) is 0. The van der Waals surface area contributed by atoms with E-state index in [1.54, 1.807) is 23.1 Å². The highest BCUT2D eigenvalue weighted by molar-refractivity contribution is 7.99. The number of thioether (sulfide) groups is 1. The zero-order chi connectivity index (χ0) is 8.55. The Balaban J connectivity index is 2.83. The molecular weight excluding hydrogens is 212 g/mol. The molecule has 2 aromatic heterocycles. The highest BCUT2D eigenvalue weighted by atomic mass is 35.5. The van der Waals surface area contributed by atoms with Gasteiger partial charge in [-0.1, -0.05) is 11.6 Å². The zero-order valence-corrected chi connectivity index (χ0v) is 8.63. The second kappa shape index (κ2) is 3.20. The molecule has 0 N–H and O–H groups in total. The van der Waals surface area contributed by atoms with Crippen molar-refractivity contribution in [2.45, 2.75) is 4.90 Å². The number of fused-ring (bicyclic) bond motifs is 1. The molecule has 2 rings (SSSR count). The van der Waals surface area contributed by atoms with Gasteiger partial charge in [-0.3, -0.25) is 0 Å². The van der Waals surface area contributed by atoms with Crippen LogP contribution in [0.1, 0.15) is 0 Å². The molecule has 0 fully saturated rings. The summed E-state index contributed by atoms with van der Waals surface area (Å²) in [6.07, 6.45) is 3.51. The minimum atomic E-state index is 0.547. The standard InChI is InChI=1S/C7H5ClN2S2/c1-11-4-2-12-7-5(4)6(8)9-3-10-7/h2-3H,1H3. The van der Waals surface area contributed by atoms with Crippen molar-refractivity contribution in [3.63, 3.8) is 0 Å². The first-order valence-electron chi connectivity index (χ1n) is 3.24. The summed E-state index contributed by atoms with van der Waals surface area (Å²) in [5.74, 6) is 0. The predicted octanol–water partition coefficient (Wildman–Crippen LogP) is 3.07. The average Bonchev–Trinajstić information content (AvgIpc) is 2.49. The molecule has 0 amide bonds. The number of halogens is 1. The lowest BCUT2D eigenvalue weighted by molar-refractivity contribution is 1.23. The molecule has 0 radical (unpaired) electrons. The fourth-order valence-electron chi connectivity index (χ4n) is 0.964. The molecule has 0 spiro atoms. The molecule has 0 aromatic carbocycles. The molecule has 12 heavy (non-hydrogen) atoms. The van der Waals surface area contributed by atoms with Crippen LogP contribution < -0.4 is 0 Å². The SMILES string of the molecule is CSc1csc2ncnc(Cl)c12. The summed E-state index contributed by atoms with van der Waals surface area (Å²) in [5.41, 5.74) is 0. The first-order chi connectivity index (χ1) is 5.83. The lowest BCUT2D eigenvalue weighted by atomic mass is 10.4. The van der Waals surface area contributed by atoms with Gasteiger partial charge in [0.1, 0.15) is 16.3 Å². The van der Waals surface area contributed by atoms with Gasteiger partial charge in [0.2, 0.25) is 0 Å². The van der Waals surface area contributed by atoms with Crippen LogP contribution in [-0.2, 0) is 0 Å². The average molecular weight is 217 g/mol. The lowest BCUT2D eigenvalue weighted by Crippen LogP contribution is -1.78. The van der Waals surface area contributed by atoms with E-state index >= 15 is 0 Å². The van der Waals surface area contributed by atoms with Crippen LogP contribution in [0.5, 0.6) is 0 Å². The van der Waals surface area contributed by atoms with E-state index < -0.39 is 0 Å². The van der Waals surface area contributed by atoms with Crippen molar-refractivity contribution < 1.29 is 0 Å². The monoisotopic (exact) mass is 216 g/mol. The first kappa shape index (κ1) is 8.29. The van der Waals surface area contributed by atoms with Crippen molar-refractivity contribution in [3.05, 3.63) is 16.9 Å². The minimum absolute atomic E-state index is 0.547. The molecule has 0 bridgehead atoms. The van der Waals surface area contributed by atoms with E-state index in [2.05, 4.69) is 15.3 Å². The number of thiophene rings is 1. The van der Waals surface area contributed by atoms with E-state index in [0.29, 0.717) is 5.15 Å². The van der Waals surface area contributed by atoms with Crippen molar-refractivity contribution in [1.82, 2.24) is 9.97 Å². The van der Waals surface area contributed by atoms with Gasteiger partial charge in [0, 0.05) is 10.3 Å². The van der Waals surface area contributed by atoms with E-state index in [0.717, 1.165) is 15.1 Å². The predicted molar refractivity (Wildman–Crippen MR) is 54.2 cm³/mol. The van der Waals surface area contributed by atoms with Crippen LogP contribution in [0, 0.1) is 0 Å². The second-order valence-electron chi connectivity index (χ2n) is 2.15. The van der Waals surface area contributed by atoms with Crippen molar-refractivity contribution in [3.8, 4) is 0 Å². The Hall–Kier alpha value is -0.320. The van der Waals surface area contributed by atoms with E-state index in [4.69, 9.17) is 11.6 Å². The van der Waals surface area contributed by atoms with Gasteiger partial charge < -0.3 is 0 Å². The lowest BCUT2D eigenvalue weighted by Gasteiger charge is -1.93. The molecule has 62 valence electrons. The Kier molecular flexibility index (Phi) is 2.21. The fourth-order valence-corrected chi connectivity index (χ4v) is 3.07. The van der Waals surface area contributed by atoms with Crippen molar-refractivity contribution >= 4 is 44.9 Å². The third-order valence-corrected chi connectivity index (χ3v) is 3.59. The fraction of sp³-hybridized carbons (Fsp3) is 0.143. The molecule has 2 aromatic rings. The number of aromatic nitrogens is 2. The van der Waals surface area contributed by atoms with Gasteiger partial charge in [0.15, 0.2) is 0 Å². The largest absolute Gasteiger partial charge is 0.225 e. The smallest absolute Gasteiger partial charge is 0.142 e. The molecule has 0 atom stereocenters. The molecule has 0 aliphatic carbocycles. The molecule has 0 saturated carbocycles. The van der Waals surface area contributed by atoms with Gasteiger partial charge in [0.05, 0.1) is 5.39 Å². The maximum atomic E-state index is 5.92. The van der Waals surface area contributed by atoms with Crippen molar-refractivity contribution in [2.75, 3.05) is 6.26 Å². The maximum absolute atomic E-state index is 5.92. The van der Waals surface area contributed by atoms with Gasteiger partial charge in [0.25, 0.3) is 0 Å². The van der Waals surface area contributed by atoms with Crippen LogP contribution in [0.2, 0.25) is 5.15 Å². The van der Waals surface area contributed by atoms with Gasteiger partial charge in [-0.2, -0.15) is 0 Å². The first-order valence-corrected chi connectivity index (χ1v) is 5.73. The number of hydrogen-bond acceptors (Lipinski definition) is 4. The van der Waals surface area contributed by atoms with E-state index in [-0.39, 0.29) is 0 Å². The van der Waals surface area contributed by atoms with E-state index in [1.807, 2.05) is 6.26 Å². The summed E-state index contributed by atoms with van der Waals surface area (Å²) >= 11 is 9.19. The third-order valence-electron chi connectivity index (χ3n) is 1.51. The molecule has 0 aliphatic heterocycles. The van der Waals surface area contributed by atoms with Crippen LogP contribution in [0.4, 0.5) is 0 Å². The Morgan fingerprint density at radius 1 is 1.50 bits per heavy atom. The molecular formula is C7H5ClN2S2. The highest BCUT2D eigenvalue weighted by Gasteiger charge is 2.07. The molecule has 2 nitrogen and oxygen atoms in total. The molecule has 5 heteroatoms. The molecule has 2 heterocycles. The Bertz CT molecular complexity index is 413. The number of nitrogens with zero attached hydrogens (tertiary/aromatic N) is 2.